The molecule has 0 bridgehead atoms. The Morgan fingerprint density at radius 1 is 1.67 bits per heavy atom. The first kappa shape index (κ1) is 13.4. The minimum atomic E-state index is -0.922. The molecule has 0 aliphatic carbocycles. The van der Waals surface area contributed by atoms with Crippen LogP contribution in [0.4, 0.5) is 0 Å². The third-order valence-electron chi connectivity index (χ3n) is 2.93. The van der Waals surface area contributed by atoms with Crippen LogP contribution in [0.5, 0.6) is 5.75 Å². The maximum absolute atomic E-state index is 11.2. The van der Waals surface area contributed by atoms with E-state index in [9.17, 15) is 4.79 Å². The Morgan fingerprint density at radius 3 is 3.00 bits per heavy atom. The SMILES string of the molecule is CC(C)c1cc(OCC2CCCO2)c(C(=O)O)s1. The first-order valence-electron chi connectivity index (χ1n) is 6.19. The van der Waals surface area contributed by atoms with Gasteiger partial charge in [-0.1, -0.05) is 13.8 Å². The molecule has 0 aromatic carbocycles. The van der Waals surface area contributed by atoms with Crippen LogP contribution in [-0.4, -0.2) is 30.4 Å². The van der Waals surface area contributed by atoms with E-state index in [1.54, 1.807) is 0 Å². The zero-order chi connectivity index (χ0) is 13.1. The normalized spacial score (nSPS) is 19.4. The topological polar surface area (TPSA) is 55.8 Å². The average Bonchev–Trinajstić information content (AvgIpc) is 2.95. The number of hydrogen-bond donors (Lipinski definition) is 1. The van der Waals surface area contributed by atoms with E-state index in [4.69, 9.17) is 14.6 Å². The van der Waals surface area contributed by atoms with Crippen molar-refractivity contribution in [1.82, 2.24) is 0 Å². The number of aromatic carboxylic acids is 1. The van der Waals surface area contributed by atoms with Gasteiger partial charge in [0.1, 0.15) is 12.4 Å². The third kappa shape index (κ3) is 3.03. The van der Waals surface area contributed by atoms with Gasteiger partial charge in [-0.15, -0.1) is 11.3 Å². The Morgan fingerprint density at radius 2 is 2.44 bits per heavy atom. The van der Waals surface area contributed by atoms with Crippen molar-refractivity contribution < 1.29 is 19.4 Å². The molecular formula is C13H18O4S. The lowest BCUT2D eigenvalue weighted by molar-refractivity contribution is 0.0635. The van der Waals surface area contributed by atoms with Crippen molar-refractivity contribution in [3.8, 4) is 5.75 Å². The first-order chi connectivity index (χ1) is 8.58. The number of carboxylic acids is 1. The van der Waals surface area contributed by atoms with Crippen molar-refractivity contribution in [2.45, 2.75) is 38.7 Å². The number of ether oxygens (including phenoxy) is 2. The van der Waals surface area contributed by atoms with Gasteiger partial charge in [-0.25, -0.2) is 4.79 Å². The summed E-state index contributed by atoms with van der Waals surface area (Å²) in [5.74, 6) is -0.130. The molecule has 1 unspecified atom stereocenters. The Bertz CT molecular complexity index is 419. The maximum atomic E-state index is 11.2. The van der Waals surface area contributed by atoms with Crippen LogP contribution < -0.4 is 4.74 Å². The number of thiophene rings is 1. The van der Waals surface area contributed by atoms with E-state index in [2.05, 4.69) is 0 Å². The summed E-state index contributed by atoms with van der Waals surface area (Å²) < 4.78 is 11.1. The summed E-state index contributed by atoms with van der Waals surface area (Å²) in [4.78, 5) is 12.5. The number of hydrogen-bond acceptors (Lipinski definition) is 4. The van der Waals surface area contributed by atoms with E-state index in [0.717, 1.165) is 24.3 Å². The van der Waals surface area contributed by atoms with Crippen LogP contribution in [0.25, 0.3) is 0 Å². The fourth-order valence-electron chi connectivity index (χ4n) is 1.89. The van der Waals surface area contributed by atoms with Crippen LogP contribution in [0.2, 0.25) is 0 Å². The highest BCUT2D eigenvalue weighted by Crippen LogP contribution is 2.34. The monoisotopic (exact) mass is 270 g/mol. The molecule has 2 rings (SSSR count). The predicted molar refractivity (Wildman–Crippen MR) is 69.8 cm³/mol. The van der Waals surface area contributed by atoms with Gasteiger partial charge in [0, 0.05) is 11.5 Å². The van der Waals surface area contributed by atoms with Crippen LogP contribution in [0.1, 0.15) is 47.2 Å². The van der Waals surface area contributed by atoms with Crippen LogP contribution in [-0.2, 0) is 4.74 Å². The van der Waals surface area contributed by atoms with Crippen molar-refractivity contribution >= 4 is 17.3 Å². The number of carboxylic acid groups (broad SMARTS) is 1. The molecular weight excluding hydrogens is 252 g/mol. The summed E-state index contributed by atoms with van der Waals surface area (Å²) >= 11 is 1.29. The van der Waals surface area contributed by atoms with Crippen LogP contribution in [0.3, 0.4) is 0 Å². The van der Waals surface area contributed by atoms with E-state index in [0.29, 0.717) is 18.3 Å². The minimum Gasteiger partial charge on any atom is -0.489 e. The maximum Gasteiger partial charge on any atom is 0.349 e. The summed E-state index contributed by atoms with van der Waals surface area (Å²) in [6.07, 6.45) is 2.15. The molecule has 0 spiro atoms. The molecule has 5 heteroatoms. The molecule has 1 aromatic rings. The molecule has 1 aliphatic rings. The summed E-state index contributed by atoms with van der Waals surface area (Å²) in [5, 5.41) is 9.15. The van der Waals surface area contributed by atoms with Gasteiger partial charge in [0.25, 0.3) is 0 Å². The third-order valence-corrected chi connectivity index (χ3v) is 4.33. The number of rotatable bonds is 5. The zero-order valence-electron chi connectivity index (χ0n) is 10.6. The van der Waals surface area contributed by atoms with Gasteiger partial charge in [0.2, 0.25) is 0 Å². The summed E-state index contributed by atoms with van der Waals surface area (Å²) in [6, 6.07) is 1.84. The highest BCUT2D eigenvalue weighted by Gasteiger charge is 2.21. The summed E-state index contributed by atoms with van der Waals surface area (Å²) in [6.45, 7) is 5.30. The molecule has 0 saturated carbocycles. The highest BCUT2D eigenvalue weighted by atomic mass is 32.1. The second kappa shape index (κ2) is 5.71. The van der Waals surface area contributed by atoms with Crippen molar-refractivity contribution in [3.63, 3.8) is 0 Å². The van der Waals surface area contributed by atoms with Crippen molar-refractivity contribution in [2.75, 3.05) is 13.2 Å². The lowest BCUT2D eigenvalue weighted by Crippen LogP contribution is -2.16. The lowest BCUT2D eigenvalue weighted by Gasteiger charge is -2.10. The Balaban J connectivity index is 2.07. The molecule has 4 nitrogen and oxygen atoms in total. The molecule has 2 heterocycles. The van der Waals surface area contributed by atoms with Gasteiger partial charge >= 0.3 is 5.97 Å². The highest BCUT2D eigenvalue weighted by molar-refractivity contribution is 7.14. The Hall–Kier alpha value is -1.07. The van der Waals surface area contributed by atoms with Crippen molar-refractivity contribution in [1.29, 1.82) is 0 Å². The quantitative estimate of drug-likeness (QED) is 0.893. The van der Waals surface area contributed by atoms with E-state index >= 15 is 0 Å². The molecule has 0 radical (unpaired) electrons. The standard InChI is InChI=1S/C13H18O4S/c1-8(2)11-6-10(12(18-11)13(14)15)17-7-9-4-3-5-16-9/h6,8-9H,3-5,7H2,1-2H3,(H,14,15). The molecule has 1 aromatic heterocycles. The second-order valence-electron chi connectivity index (χ2n) is 4.75. The smallest absolute Gasteiger partial charge is 0.349 e. The molecule has 1 fully saturated rings. The Labute approximate surface area is 111 Å². The Kier molecular flexibility index (Phi) is 4.24. The fraction of sp³-hybridized carbons (Fsp3) is 0.615. The van der Waals surface area contributed by atoms with Crippen LogP contribution in [0, 0.1) is 0 Å². The van der Waals surface area contributed by atoms with Gasteiger partial charge < -0.3 is 14.6 Å². The molecule has 18 heavy (non-hydrogen) atoms. The van der Waals surface area contributed by atoms with Crippen molar-refractivity contribution in [3.05, 3.63) is 15.8 Å². The summed E-state index contributed by atoms with van der Waals surface area (Å²) in [7, 11) is 0. The predicted octanol–water partition coefficient (Wildman–Crippen LogP) is 3.13. The lowest BCUT2D eigenvalue weighted by atomic mass is 10.2. The average molecular weight is 270 g/mol. The zero-order valence-corrected chi connectivity index (χ0v) is 11.5. The minimum absolute atomic E-state index is 0.106. The molecule has 1 atom stereocenters. The molecule has 1 saturated heterocycles. The number of carbonyl (C=O) groups is 1. The van der Waals surface area contributed by atoms with Crippen molar-refractivity contribution in [2.24, 2.45) is 0 Å². The van der Waals surface area contributed by atoms with Gasteiger partial charge in [-0.3, -0.25) is 0 Å². The van der Waals surface area contributed by atoms with E-state index in [1.807, 2.05) is 19.9 Å². The van der Waals surface area contributed by atoms with Gasteiger partial charge in [-0.2, -0.15) is 0 Å². The molecule has 1 aliphatic heterocycles. The second-order valence-corrected chi connectivity index (χ2v) is 5.83. The van der Waals surface area contributed by atoms with Crippen LogP contribution in [0.15, 0.2) is 6.07 Å². The van der Waals surface area contributed by atoms with E-state index < -0.39 is 5.97 Å². The van der Waals surface area contributed by atoms with Gasteiger partial charge in [0.15, 0.2) is 4.88 Å². The van der Waals surface area contributed by atoms with E-state index in [-0.39, 0.29) is 11.0 Å². The van der Waals surface area contributed by atoms with Gasteiger partial charge in [0.05, 0.1) is 6.10 Å². The van der Waals surface area contributed by atoms with Gasteiger partial charge in [-0.05, 0) is 24.8 Å². The van der Waals surface area contributed by atoms with E-state index in [1.165, 1.54) is 11.3 Å². The summed E-state index contributed by atoms with van der Waals surface area (Å²) in [5.41, 5.74) is 0. The largest absolute Gasteiger partial charge is 0.489 e. The fourth-order valence-corrected chi connectivity index (χ4v) is 2.83. The first-order valence-corrected chi connectivity index (χ1v) is 7.01. The molecule has 0 amide bonds. The molecule has 100 valence electrons. The molecule has 1 N–H and O–H groups in total. The van der Waals surface area contributed by atoms with Crippen LogP contribution >= 0.6 is 11.3 Å².